The Morgan fingerprint density at radius 3 is 1.30 bits per heavy atom. The van der Waals surface area contributed by atoms with Crippen molar-refractivity contribution in [1.82, 2.24) is 0 Å². The van der Waals surface area contributed by atoms with Crippen LogP contribution in [-0.2, 0) is 5.41 Å². The zero-order valence-electron chi connectivity index (χ0n) is 14.5. The fourth-order valence-electron chi connectivity index (χ4n) is 4.43. The maximum absolute atomic E-state index is 3.71. The summed E-state index contributed by atoms with van der Waals surface area (Å²) in [6.07, 6.45) is 0. The van der Waals surface area contributed by atoms with Crippen LogP contribution in [-0.4, -0.2) is 0 Å². The van der Waals surface area contributed by atoms with Crippen LogP contribution in [0.2, 0.25) is 0 Å². The Kier molecular flexibility index (Phi) is 4.07. The van der Waals surface area contributed by atoms with Gasteiger partial charge in [0, 0.05) is 8.95 Å². The van der Waals surface area contributed by atoms with Crippen LogP contribution >= 0.6 is 31.9 Å². The van der Waals surface area contributed by atoms with Crippen molar-refractivity contribution < 1.29 is 0 Å². The van der Waals surface area contributed by atoms with Gasteiger partial charge in [-0.25, -0.2) is 0 Å². The maximum Gasteiger partial charge on any atom is 0.0714 e. The van der Waals surface area contributed by atoms with Gasteiger partial charge in [-0.2, -0.15) is 0 Å². The van der Waals surface area contributed by atoms with Gasteiger partial charge in [-0.05, 0) is 57.6 Å². The lowest BCUT2D eigenvalue weighted by Gasteiger charge is -2.34. The average Bonchev–Trinajstić information content (AvgIpc) is 2.99. The standard InChI is InChI=1S/C25H16Br2/c26-19-11-13-21-22-14-12-20(27)16-24(22)25(23(21)15-19,17-7-3-1-4-8-17)18-9-5-2-6-10-18/h1-16H. The van der Waals surface area contributed by atoms with Gasteiger partial charge in [0.05, 0.1) is 5.41 Å². The summed E-state index contributed by atoms with van der Waals surface area (Å²) in [4.78, 5) is 0. The third kappa shape index (κ3) is 2.47. The molecule has 2 heteroatoms. The lowest BCUT2D eigenvalue weighted by atomic mass is 9.68. The van der Waals surface area contributed by atoms with E-state index in [9.17, 15) is 0 Å². The fraction of sp³-hybridized carbons (Fsp3) is 0.0400. The lowest BCUT2D eigenvalue weighted by molar-refractivity contribution is 0.767. The molecule has 0 radical (unpaired) electrons. The van der Waals surface area contributed by atoms with E-state index in [1.807, 2.05) is 0 Å². The van der Waals surface area contributed by atoms with Gasteiger partial charge >= 0.3 is 0 Å². The van der Waals surface area contributed by atoms with E-state index >= 15 is 0 Å². The van der Waals surface area contributed by atoms with Crippen LogP contribution in [0.4, 0.5) is 0 Å². The molecule has 0 aliphatic heterocycles. The summed E-state index contributed by atoms with van der Waals surface area (Å²) in [6, 6.07) is 35.0. The van der Waals surface area contributed by atoms with E-state index in [2.05, 4.69) is 129 Å². The SMILES string of the molecule is Brc1ccc2c(c1)C(c1ccccc1)(c1ccccc1)c1cc(Br)ccc1-2. The second-order valence-electron chi connectivity index (χ2n) is 6.86. The van der Waals surface area contributed by atoms with E-state index in [0.717, 1.165) is 8.95 Å². The van der Waals surface area contributed by atoms with Gasteiger partial charge < -0.3 is 0 Å². The summed E-state index contributed by atoms with van der Waals surface area (Å²) in [5.41, 5.74) is 7.48. The number of halogens is 2. The highest BCUT2D eigenvalue weighted by Crippen LogP contribution is 2.56. The van der Waals surface area contributed by atoms with E-state index in [4.69, 9.17) is 0 Å². The molecule has 4 aromatic rings. The second kappa shape index (κ2) is 6.47. The van der Waals surface area contributed by atoms with Gasteiger partial charge in [0.1, 0.15) is 0 Å². The first-order valence-corrected chi connectivity index (χ1v) is 10.5. The molecule has 0 heterocycles. The van der Waals surface area contributed by atoms with E-state index in [1.54, 1.807) is 0 Å². The smallest absolute Gasteiger partial charge is 0.0622 e. The summed E-state index contributed by atoms with van der Waals surface area (Å²) in [5, 5.41) is 0. The Balaban J connectivity index is 2.00. The molecule has 27 heavy (non-hydrogen) atoms. The molecule has 5 rings (SSSR count). The molecular formula is C25H16Br2. The first-order valence-electron chi connectivity index (χ1n) is 8.93. The van der Waals surface area contributed by atoms with Crippen molar-refractivity contribution in [2.45, 2.75) is 5.41 Å². The van der Waals surface area contributed by atoms with Crippen molar-refractivity contribution in [3.63, 3.8) is 0 Å². The molecule has 0 nitrogen and oxygen atoms in total. The topological polar surface area (TPSA) is 0 Å². The summed E-state index contributed by atoms with van der Waals surface area (Å²) < 4.78 is 2.20. The van der Waals surface area contributed by atoms with E-state index in [1.165, 1.54) is 33.4 Å². The van der Waals surface area contributed by atoms with Crippen molar-refractivity contribution in [3.8, 4) is 11.1 Å². The van der Waals surface area contributed by atoms with Crippen LogP contribution in [0.5, 0.6) is 0 Å². The van der Waals surface area contributed by atoms with Gasteiger partial charge in [-0.1, -0.05) is 105 Å². The highest BCUT2D eigenvalue weighted by Gasteiger charge is 2.46. The number of fused-ring (bicyclic) bond motifs is 3. The van der Waals surface area contributed by atoms with E-state index in [-0.39, 0.29) is 5.41 Å². The monoisotopic (exact) mass is 474 g/mol. The minimum absolute atomic E-state index is 0.333. The van der Waals surface area contributed by atoms with Gasteiger partial charge in [-0.3, -0.25) is 0 Å². The fourth-order valence-corrected chi connectivity index (χ4v) is 5.16. The molecule has 4 aromatic carbocycles. The molecule has 1 aliphatic rings. The Morgan fingerprint density at radius 2 is 0.889 bits per heavy atom. The van der Waals surface area contributed by atoms with Crippen molar-refractivity contribution in [2.24, 2.45) is 0 Å². The van der Waals surface area contributed by atoms with Crippen LogP contribution in [0.25, 0.3) is 11.1 Å². The van der Waals surface area contributed by atoms with E-state index in [0.29, 0.717) is 0 Å². The average molecular weight is 476 g/mol. The minimum atomic E-state index is -0.333. The third-order valence-electron chi connectivity index (χ3n) is 5.48. The summed E-state index contributed by atoms with van der Waals surface area (Å²) in [6.45, 7) is 0. The first kappa shape index (κ1) is 17.0. The normalized spacial score (nSPS) is 13.9. The van der Waals surface area contributed by atoms with Crippen molar-refractivity contribution >= 4 is 31.9 Å². The molecule has 1 aliphatic carbocycles. The first-order chi connectivity index (χ1) is 13.2. The Hall–Kier alpha value is -2.16. The predicted molar refractivity (Wildman–Crippen MR) is 119 cm³/mol. The van der Waals surface area contributed by atoms with Crippen LogP contribution in [0.1, 0.15) is 22.3 Å². The molecule has 0 saturated carbocycles. The van der Waals surface area contributed by atoms with Gasteiger partial charge in [0.15, 0.2) is 0 Å². The Bertz CT molecular complexity index is 1040. The van der Waals surface area contributed by atoms with Crippen molar-refractivity contribution in [1.29, 1.82) is 0 Å². The highest BCUT2D eigenvalue weighted by atomic mass is 79.9. The van der Waals surface area contributed by atoms with Gasteiger partial charge in [0.2, 0.25) is 0 Å². The molecule has 0 aromatic heterocycles. The lowest BCUT2D eigenvalue weighted by Crippen LogP contribution is -2.28. The summed E-state index contributed by atoms with van der Waals surface area (Å²) in [5.74, 6) is 0. The van der Waals surface area contributed by atoms with Crippen LogP contribution < -0.4 is 0 Å². The van der Waals surface area contributed by atoms with Gasteiger partial charge in [-0.15, -0.1) is 0 Å². The molecule has 0 saturated heterocycles. The maximum atomic E-state index is 3.71. The van der Waals surface area contributed by atoms with E-state index < -0.39 is 0 Å². The minimum Gasteiger partial charge on any atom is -0.0622 e. The molecule has 0 amide bonds. The number of benzene rings is 4. The van der Waals surface area contributed by atoms with Crippen molar-refractivity contribution in [3.05, 3.63) is 128 Å². The molecule has 0 spiro atoms. The molecular weight excluding hydrogens is 460 g/mol. The molecule has 0 N–H and O–H groups in total. The highest BCUT2D eigenvalue weighted by molar-refractivity contribution is 9.10. The number of hydrogen-bond donors (Lipinski definition) is 0. The number of hydrogen-bond acceptors (Lipinski definition) is 0. The Morgan fingerprint density at radius 1 is 0.481 bits per heavy atom. The largest absolute Gasteiger partial charge is 0.0714 e. The van der Waals surface area contributed by atoms with Crippen LogP contribution in [0, 0.1) is 0 Å². The molecule has 0 fully saturated rings. The number of rotatable bonds is 2. The third-order valence-corrected chi connectivity index (χ3v) is 6.46. The Labute approximate surface area is 176 Å². The molecule has 0 bridgehead atoms. The summed E-state index contributed by atoms with van der Waals surface area (Å²) in [7, 11) is 0. The van der Waals surface area contributed by atoms with Gasteiger partial charge in [0.25, 0.3) is 0 Å². The second-order valence-corrected chi connectivity index (χ2v) is 8.69. The summed E-state index contributed by atoms with van der Waals surface area (Å²) >= 11 is 7.42. The molecule has 0 atom stereocenters. The quantitative estimate of drug-likeness (QED) is 0.247. The van der Waals surface area contributed by atoms with Crippen molar-refractivity contribution in [2.75, 3.05) is 0 Å². The zero-order chi connectivity index (χ0) is 18.4. The zero-order valence-corrected chi connectivity index (χ0v) is 17.7. The van der Waals surface area contributed by atoms with Crippen LogP contribution in [0.3, 0.4) is 0 Å². The molecule has 0 unspecified atom stereocenters. The van der Waals surface area contributed by atoms with Crippen LogP contribution in [0.15, 0.2) is 106 Å². The predicted octanol–water partition coefficient (Wildman–Crippen LogP) is 7.57. The molecule has 130 valence electrons.